The Bertz CT molecular complexity index is 857. The summed E-state index contributed by atoms with van der Waals surface area (Å²) < 4.78 is 10.6. The minimum Gasteiger partial charge on any atom is -0.444 e. The van der Waals surface area contributed by atoms with Crippen LogP contribution in [-0.4, -0.2) is 34.1 Å². The molecule has 24 heavy (non-hydrogen) atoms. The van der Waals surface area contributed by atoms with Crippen LogP contribution in [0.5, 0.6) is 0 Å². The van der Waals surface area contributed by atoms with Crippen LogP contribution in [0.1, 0.15) is 12.8 Å². The summed E-state index contributed by atoms with van der Waals surface area (Å²) in [6.45, 7) is 1.24. The van der Waals surface area contributed by atoms with E-state index in [-0.39, 0.29) is 11.8 Å². The van der Waals surface area contributed by atoms with E-state index in [2.05, 4.69) is 20.3 Å². The Morgan fingerprint density at radius 3 is 2.88 bits per heavy atom. The Kier molecular flexibility index (Phi) is 3.92. The second-order valence-electron chi connectivity index (χ2n) is 5.71. The van der Waals surface area contributed by atoms with Crippen molar-refractivity contribution in [2.45, 2.75) is 12.8 Å². The SMILES string of the molecule is O=C(Nc1ncc2ccc(-c3cnco3)cc2n1)C1CCOCC1. The maximum absolute atomic E-state index is 12.3. The van der Waals surface area contributed by atoms with Crippen LogP contribution in [0.15, 0.2) is 41.4 Å². The van der Waals surface area contributed by atoms with Gasteiger partial charge in [-0.3, -0.25) is 10.1 Å². The summed E-state index contributed by atoms with van der Waals surface area (Å²) in [5.41, 5.74) is 1.61. The number of amides is 1. The molecule has 1 amide bonds. The maximum Gasteiger partial charge on any atom is 0.230 e. The van der Waals surface area contributed by atoms with Crippen LogP contribution >= 0.6 is 0 Å². The van der Waals surface area contributed by atoms with Crippen molar-refractivity contribution in [3.8, 4) is 11.3 Å². The Balaban J connectivity index is 1.58. The fourth-order valence-electron chi connectivity index (χ4n) is 2.77. The number of rotatable bonds is 3. The van der Waals surface area contributed by atoms with Gasteiger partial charge in [0.2, 0.25) is 11.9 Å². The second kappa shape index (κ2) is 6.37. The highest BCUT2D eigenvalue weighted by Crippen LogP contribution is 2.23. The van der Waals surface area contributed by atoms with Crippen molar-refractivity contribution < 1.29 is 13.9 Å². The summed E-state index contributed by atoms with van der Waals surface area (Å²) >= 11 is 0. The molecule has 3 aromatic rings. The van der Waals surface area contributed by atoms with Gasteiger partial charge in [-0.15, -0.1) is 0 Å². The zero-order valence-electron chi connectivity index (χ0n) is 12.9. The van der Waals surface area contributed by atoms with Gasteiger partial charge in [0, 0.05) is 36.3 Å². The molecule has 0 saturated carbocycles. The number of hydrogen-bond donors (Lipinski definition) is 1. The first-order chi connectivity index (χ1) is 11.8. The fraction of sp³-hybridized carbons (Fsp3) is 0.294. The van der Waals surface area contributed by atoms with Crippen molar-refractivity contribution >= 4 is 22.8 Å². The van der Waals surface area contributed by atoms with E-state index >= 15 is 0 Å². The van der Waals surface area contributed by atoms with Crippen LogP contribution < -0.4 is 5.32 Å². The molecule has 0 unspecified atom stereocenters. The number of nitrogens with zero attached hydrogens (tertiary/aromatic N) is 3. The first-order valence-electron chi connectivity index (χ1n) is 7.84. The van der Waals surface area contributed by atoms with Crippen LogP contribution in [0.2, 0.25) is 0 Å². The van der Waals surface area contributed by atoms with Crippen molar-refractivity contribution in [3.63, 3.8) is 0 Å². The molecule has 0 atom stereocenters. The van der Waals surface area contributed by atoms with Crippen molar-refractivity contribution in [1.29, 1.82) is 0 Å². The monoisotopic (exact) mass is 324 g/mol. The van der Waals surface area contributed by atoms with E-state index in [1.54, 1.807) is 12.4 Å². The highest BCUT2D eigenvalue weighted by Gasteiger charge is 2.22. The van der Waals surface area contributed by atoms with Gasteiger partial charge in [-0.25, -0.2) is 15.0 Å². The standard InChI is InChI=1S/C17H16N4O3/c22-16(11-3-5-23-6-4-11)21-17-19-8-13-2-1-12(7-14(13)20-17)15-9-18-10-24-15/h1-2,7-11H,3-6H2,(H,19,20,21,22). The lowest BCUT2D eigenvalue weighted by Gasteiger charge is -2.20. The number of benzene rings is 1. The highest BCUT2D eigenvalue weighted by molar-refractivity contribution is 5.92. The number of hydrogen-bond acceptors (Lipinski definition) is 6. The number of fused-ring (bicyclic) bond motifs is 1. The molecule has 7 heteroatoms. The van der Waals surface area contributed by atoms with E-state index in [9.17, 15) is 4.79 Å². The first-order valence-corrected chi connectivity index (χ1v) is 7.84. The van der Waals surface area contributed by atoms with Gasteiger partial charge in [-0.1, -0.05) is 12.1 Å². The zero-order chi connectivity index (χ0) is 16.4. The third-order valence-electron chi connectivity index (χ3n) is 4.13. The summed E-state index contributed by atoms with van der Waals surface area (Å²) in [5.74, 6) is 0.889. The Hall–Kier alpha value is -2.80. The summed E-state index contributed by atoms with van der Waals surface area (Å²) in [6, 6.07) is 5.73. The lowest BCUT2D eigenvalue weighted by Crippen LogP contribution is -2.29. The molecule has 0 spiro atoms. The van der Waals surface area contributed by atoms with E-state index in [4.69, 9.17) is 9.15 Å². The molecule has 2 aromatic heterocycles. The van der Waals surface area contributed by atoms with Gasteiger partial charge in [0.25, 0.3) is 0 Å². The van der Waals surface area contributed by atoms with Crippen molar-refractivity contribution in [2.75, 3.05) is 18.5 Å². The molecule has 0 radical (unpaired) electrons. The lowest BCUT2D eigenvalue weighted by molar-refractivity contribution is -0.122. The molecule has 1 aromatic carbocycles. The van der Waals surface area contributed by atoms with Crippen LogP contribution in [-0.2, 0) is 9.53 Å². The van der Waals surface area contributed by atoms with E-state index in [0.717, 1.165) is 29.3 Å². The third kappa shape index (κ3) is 2.98. The summed E-state index contributed by atoms with van der Waals surface area (Å²) in [6.07, 6.45) is 6.20. The summed E-state index contributed by atoms with van der Waals surface area (Å²) in [4.78, 5) is 24.9. The molecule has 1 N–H and O–H groups in total. The van der Waals surface area contributed by atoms with Gasteiger partial charge < -0.3 is 9.15 Å². The molecule has 1 fully saturated rings. The van der Waals surface area contributed by atoms with Gasteiger partial charge >= 0.3 is 0 Å². The number of carbonyl (C=O) groups is 1. The van der Waals surface area contributed by atoms with Crippen LogP contribution in [0.4, 0.5) is 5.95 Å². The van der Waals surface area contributed by atoms with Gasteiger partial charge in [-0.05, 0) is 18.9 Å². The van der Waals surface area contributed by atoms with Crippen molar-refractivity contribution in [2.24, 2.45) is 5.92 Å². The third-order valence-corrected chi connectivity index (χ3v) is 4.13. The molecular formula is C17H16N4O3. The molecule has 1 saturated heterocycles. The molecule has 3 heterocycles. The van der Waals surface area contributed by atoms with Crippen LogP contribution in [0.3, 0.4) is 0 Å². The normalized spacial score (nSPS) is 15.5. The van der Waals surface area contributed by atoms with Gasteiger partial charge in [0.1, 0.15) is 0 Å². The molecule has 1 aliphatic rings. The molecule has 0 aliphatic carbocycles. The predicted molar refractivity (Wildman–Crippen MR) is 87.2 cm³/mol. The number of anilines is 1. The highest BCUT2D eigenvalue weighted by atomic mass is 16.5. The number of ether oxygens (including phenoxy) is 1. The molecule has 0 bridgehead atoms. The zero-order valence-corrected chi connectivity index (χ0v) is 12.9. The van der Waals surface area contributed by atoms with Gasteiger partial charge in [0.15, 0.2) is 12.2 Å². The van der Waals surface area contributed by atoms with E-state index < -0.39 is 0 Å². The Morgan fingerprint density at radius 2 is 2.08 bits per heavy atom. The van der Waals surface area contributed by atoms with Crippen LogP contribution in [0, 0.1) is 5.92 Å². The molecule has 4 rings (SSSR count). The Labute approximate surface area is 138 Å². The molecule has 7 nitrogen and oxygen atoms in total. The average Bonchev–Trinajstić information content (AvgIpc) is 3.16. The van der Waals surface area contributed by atoms with E-state index in [1.165, 1.54) is 6.39 Å². The Morgan fingerprint density at radius 1 is 1.21 bits per heavy atom. The van der Waals surface area contributed by atoms with Gasteiger partial charge in [0.05, 0.1) is 11.7 Å². The first kappa shape index (κ1) is 14.8. The smallest absolute Gasteiger partial charge is 0.230 e. The predicted octanol–water partition coefficient (Wildman–Crippen LogP) is 2.65. The minimum absolute atomic E-state index is 0.0430. The summed E-state index contributed by atoms with van der Waals surface area (Å²) in [7, 11) is 0. The van der Waals surface area contributed by atoms with Crippen molar-refractivity contribution in [1.82, 2.24) is 15.0 Å². The maximum atomic E-state index is 12.3. The number of oxazole rings is 1. The minimum atomic E-state index is -0.0518. The number of aromatic nitrogens is 3. The quantitative estimate of drug-likeness (QED) is 0.796. The van der Waals surface area contributed by atoms with Crippen LogP contribution in [0.25, 0.3) is 22.2 Å². The topological polar surface area (TPSA) is 90.1 Å². The molecule has 122 valence electrons. The summed E-state index contributed by atoms with van der Waals surface area (Å²) in [5, 5.41) is 3.70. The number of carbonyl (C=O) groups excluding carboxylic acids is 1. The largest absolute Gasteiger partial charge is 0.444 e. The lowest BCUT2D eigenvalue weighted by atomic mass is 10.00. The second-order valence-corrected chi connectivity index (χ2v) is 5.71. The fourth-order valence-corrected chi connectivity index (χ4v) is 2.77. The molecular weight excluding hydrogens is 308 g/mol. The number of nitrogens with one attached hydrogen (secondary N) is 1. The van der Waals surface area contributed by atoms with E-state index in [0.29, 0.717) is 24.9 Å². The van der Waals surface area contributed by atoms with Gasteiger partial charge in [-0.2, -0.15) is 0 Å². The van der Waals surface area contributed by atoms with E-state index in [1.807, 2.05) is 18.2 Å². The van der Waals surface area contributed by atoms with Crippen molar-refractivity contribution in [3.05, 3.63) is 37.0 Å². The molecule has 1 aliphatic heterocycles. The average molecular weight is 324 g/mol.